The monoisotopic (exact) mass is 224 g/mol. The Morgan fingerprint density at radius 1 is 1.19 bits per heavy atom. The van der Waals surface area contributed by atoms with Crippen molar-refractivity contribution in [1.29, 1.82) is 0 Å². The largest absolute Gasteiger partial charge is 0.493 e. The standard InChI is InChI=1S/C12H16O4/c1-8(16-9(2)13)10-5-6-11(14-3)12(7-10)15-4/h5-8H,1-4H3/t8-/m0/s1. The third-order valence-corrected chi connectivity index (χ3v) is 2.22. The van der Waals surface area contributed by atoms with E-state index in [1.54, 1.807) is 26.4 Å². The smallest absolute Gasteiger partial charge is 0.303 e. The molecule has 0 bridgehead atoms. The van der Waals surface area contributed by atoms with Crippen LogP contribution in [0.5, 0.6) is 11.5 Å². The van der Waals surface area contributed by atoms with Crippen molar-refractivity contribution >= 4 is 5.97 Å². The van der Waals surface area contributed by atoms with Gasteiger partial charge in [0.2, 0.25) is 0 Å². The van der Waals surface area contributed by atoms with Gasteiger partial charge in [-0.2, -0.15) is 0 Å². The Balaban J connectivity index is 2.93. The van der Waals surface area contributed by atoms with Crippen molar-refractivity contribution in [2.45, 2.75) is 20.0 Å². The van der Waals surface area contributed by atoms with Gasteiger partial charge in [-0.1, -0.05) is 6.07 Å². The number of benzene rings is 1. The fraction of sp³-hybridized carbons (Fsp3) is 0.417. The van der Waals surface area contributed by atoms with Gasteiger partial charge in [-0.05, 0) is 24.6 Å². The predicted molar refractivity (Wildman–Crippen MR) is 59.7 cm³/mol. The minimum Gasteiger partial charge on any atom is -0.493 e. The van der Waals surface area contributed by atoms with E-state index in [9.17, 15) is 4.79 Å². The molecule has 0 N–H and O–H groups in total. The van der Waals surface area contributed by atoms with E-state index >= 15 is 0 Å². The highest BCUT2D eigenvalue weighted by Gasteiger charge is 2.12. The zero-order chi connectivity index (χ0) is 12.1. The van der Waals surface area contributed by atoms with Crippen molar-refractivity contribution in [2.24, 2.45) is 0 Å². The highest BCUT2D eigenvalue weighted by molar-refractivity contribution is 5.66. The summed E-state index contributed by atoms with van der Waals surface area (Å²) in [5.74, 6) is 0.975. The van der Waals surface area contributed by atoms with E-state index in [1.165, 1.54) is 6.92 Å². The van der Waals surface area contributed by atoms with E-state index in [0.717, 1.165) is 5.56 Å². The number of hydrogen-bond acceptors (Lipinski definition) is 4. The Morgan fingerprint density at radius 2 is 1.81 bits per heavy atom. The molecule has 0 unspecified atom stereocenters. The van der Waals surface area contributed by atoms with Crippen LogP contribution < -0.4 is 9.47 Å². The second-order valence-corrected chi connectivity index (χ2v) is 3.37. The lowest BCUT2D eigenvalue weighted by Crippen LogP contribution is -2.05. The van der Waals surface area contributed by atoms with Gasteiger partial charge in [0.25, 0.3) is 0 Å². The molecule has 1 aromatic rings. The fourth-order valence-corrected chi connectivity index (χ4v) is 1.42. The van der Waals surface area contributed by atoms with Crippen LogP contribution in [-0.4, -0.2) is 20.2 Å². The van der Waals surface area contributed by atoms with Gasteiger partial charge < -0.3 is 14.2 Å². The molecular weight excluding hydrogens is 208 g/mol. The van der Waals surface area contributed by atoms with Crippen molar-refractivity contribution in [1.82, 2.24) is 0 Å². The van der Waals surface area contributed by atoms with Crippen molar-refractivity contribution < 1.29 is 19.0 Å². The van der Waals surface area contributed by atoms with Gasteiger partial charge >= 0.3 is 5.97 Å². The van der Waals surface area contributed by atoms with E-state index < -0.39 is 0 Å². The Morgan fingerprint density at radius 3 is 2.31 bits per heavy atom. The summed E-state index contributed by atoms with van der Waals surface area (Å²) in [6.07, 6.45) is -0.294. The van der Waals surface area contributed by atoms with Crippen molar-refractivity contribution in [2.75, 3.05) is 14.2 Å². The molecule has 16 heavy (non-hydrogen) atoms. The van der Waals surface area contributed by atoms with Gasteiger partial charge in [0, 0.05) is 6.92 Å². The lowest BCUT2D eigenvalue weighted by Gasteiger charge is -2.14. The summed E-state index contributed by atoms with van der Waals surface area (Å²) in [5.41, 5.74) is 0.868. The predicted octanol–water partition coefficient (Wildman–Crippen LogP) is 2.33. The maximum absolute atomic E-state index is 10.8. The first-order chi connectivity index (χ1) is 7.58. The van der Waals surface area contributed by atoms with Gasteiger partial charge in [-0.3, -0.25) is 4.79 Å². The molecule has 0 aromatic heterocycles. The van der Waals surface area contributed by atoms with Gasteiger partial charge in [0.05, 0.1) is 14.2 Å². The number of hydrogen-bond donors (Lipinski definition) is 0. The van der Waals surface area contributed by atoms with E-state index in [0.29, 0.717) is 11.5 Å². The second-order valence-electron chi connectivity index (χ2n) is 3.37. The van der Waals surface area contributed by atoms with Crippen LogP contribution in [0.25, 0.3) is 0 Å². The van der Waals surface area contributed by atoms with Crippen molar-refractivity contribution in [3.05, 3.63) is 23.8 Å². The number of rotatable bonds is 4. The van der Waals surface area contributed by atoms with Gasteiger partial charge in [0.15, 0.2) is 11.5 Å². The van der Waals surface area contributed by atoms with Crippen LogP contribution in [0.3, 0.4) is 0 Å². The molecule has 1 aromatic carbocycles. The summed E-state index contributed by atoms with van der Waals surface area (Å²) in [4.78, 5) is 10.8. The number of carbonyl (C=O) groups is 1. The molecule has 0 radical (unpaired) electrons. The molecule has 0 saturated heterocycles. The van der Waals surface area contributed by atoms with Crippen LogP contribution in [0.1, 0.15) is 25.5 Å². The lowest BCUT2D eigenvalue weighted by molar-refractivity contribution is -0.145. The van der Waals surface area contributed by atoms with Crippen LogP contribution in [0, 0.1) is 0 Å². The zero-order valence-electron chi connectivity index (χ0n) is 9.94. The van der Waals surface area contributed by atoms with E-state index in [2.05, 4.69) is 0 Å². The van der Waals surface area contributed by atoms with Crippen LogP contribution in [0.15, 0.2) is 18.2 Å². The Labute approximate surface area is 95.1 Å². The van der Waals surface area contributed by atoms with Crippen LogP contribution in [0.2, 0.25) is 0 Å². The van der Waals surface area contributed by atoms with Crippen molar-refractivity contribution in [3.8, 4) is 11.5 Å². The lowest BCUT2D eigenvalue weighted by atomic mass is 10.1. The minimum atomic E-state index is -0.303. The van der Waals surface area contributed by atoms with Gasteiger partial charge in [-0.15, -0.1) is 0 Å². The number of methoxy groups -OCH3 is 2. The summed E-state index contributed by atoms with van der Waals surface area (Å²) in [6, 6.07) is 5.43. The van der Waals surface area contributed by atoms with E-state index in [1.807, 2.05) is 13.0 Å². The SMILES string of the molecule is COc1ccc([C@H](C)OC(C)=O)cc1OC. The number of esters is 1. The molecule has 1 rings (SSSR count). The van der Waals surface area contributed by atoms with Crippen LogP contribution in [-0.2, 0) is 9.53 Å². The third kappa shape index (κ3) is 2.89. The molecule has 0 spiro atoms. The van der Waals surface area contributed by atoms with Crippen LogP contribution in [0.4, 0.5) is 0 Å². The van der Waals surface area contributed by atoms with Crippen LogP contribution >= 0.6 is 0 Å². The molecule has 88 valence electrons. The molecule has 1 atom stereocenters. The zero-order valence-corrected chi connectivity index (χ0v) is 9.94. The Kier molecular flexibility index (Phi) is 4.17. The third-order valence-electron chi connectivity index (χ3n) is 2.22. The molecule has 4 heteroatoms. The minimum absolute atomic E-state index is 0.294. The molecule has 4 nitrogen and oxygen atoms in total. The summed E-state index contributed by atoms with van der Waals surface area (Å²) in [6.45, 7) is 3.19. The summed E-state index contributed by atoms with van der Waals surface area (Å²) in [7, 11) is 3.14. The fourth-order valence-electron chi connectivity index (χ4n) is 1.42. The van der Waals surface area contributed by atoms with Gasteiger partial charge in [0.1, 0.15) is 6.10 Å². The molecule has 0 fully saturated rings. The highest BCUT2D eigenvalue weighted by atomic mass is 16.5. The molecule has 0 saturated carbocycles. The maximum Gasteiger partial charge on any atom is 0.303 e. The summed E-state index contributed by atoms with van der Waals surface area (Å²) in [5, 5.41) is 0. The topological polar surface area (TPSA) is 44.8 Å². The number of carbonyl (C=O) groups excluding carboxylic acids is 1. The normalized spacial score (nSPS) is 11.8. The molecule has 0 aliphatic carbocycles. The summed E-state index contributed by atoms with van der Waals surface area (Å²) < 4.78 is 15.4. The first-order valence-corrected chi connectivity index (χ1v) is 4.97. The first kappa shape index (κ1) is 12.4. The van der Waals surface area contributed by atoms with Gasteiger partial charge in [-0.25, -0.2) is 0 Å². The van der Waals surface area contributed by atoms with Crippen molar-refractivity contribution in [3.63, 3.8) is 0 Å². The average Bonchev–Trinajstić information content (AvgIpc) is 2.27. The average molecular weight is 224 g/mol. The molecular formula is C12H16O4. The quantitative estimate of drug-likeness (QED) is 0.736. The maximum atomic E-state index is 10.8. The van der Waals surface area contributed by atoms with E-state index in [4.69, 9.17) is 14.2 Å². The highest BCUT2D eigenvalue weighted by Crippen LogP contribution is 2.30. The second kappa shape index (κ2) is 5.39. The number of ether oxygens (including phenoxy) is 3. The molecule has 0 amide bonds. The molecule has 0 aliphatic rings. The summed E-state index contributed by atoms with van der Waals surface area (Å²) >= 11 is 0. The molecule has 0 heterocycles. The molecule has 0 aliphatic heterocycles. The first-order valence-electron chi connectivity index (χ1n) is 4.97. The van der Waals surface area contributed by atoms with E-state index in [-0.39, 0.29) is 12.1 Å². The Hall–Kier alpha value is -1.71. The Bertz CT molecular complexity index is 373.